The lowest BCUT2D eigenvalue weighted by Gasteiger charge is -2.15. The fourth-order valence-electron chi connectivity index (χ4n) is 2.68. The summed E-state index contributed by atoms with van der Waals surface area (Å²) < 4.78 is 0.582. The van der Waals surface area contributed by atoms with Gasteiger partial charge in [0.2, 0.25) is 0 Å². The Balaban J connectivity index is 1.88. The third-order valence-corrected chi connectivity index (χ3v) is 5.75. The molecule has 25 heavy (non-hydrogen) atoms. The van der Waals surface area contributed by atoms with Gasteiger partial charge in [-0.15, -0.1) is 0 Å². The van der Waals surface area contributed by atoms with Crippen molar-refractivity contribution in [3.63, 3.8) is 0 Å². The maximum Gasteiger partial charge on any atom is 0.270 e. The highest BCUT2D eigenvalue weighted by Crippen LogP contribution is 2.36. The largest absolute Gasteiger partial charge is 0.270 e. The van der Waals surface area contributed by atoms with Crippen LogP contribution in [0, 0.1) is 13.8 Å². The van der Waals surface area contributed by atoms with E-state index in [1.54, 1.807) is 4.90 Å². The highest BCUT2D eigenvalue weighted by atomic mass is 32.2. The first-order valence-corrected chi connectivity index (χ1v) is 9.54. The SMILES string of the molecule is Cc1ccc(N2C(=O)/C(=C\c3ccc(C(C)C)cc3)SC2=S)cc1C. The molecule has 0 aliphatic carbocycles. The number of thiocarbonyl (C=S) groups is 1. The average Bonchev–Trinajstić information content (AvgIpc) is 2.85. The normalized spacial score (nSPS) is 16.4. The van der Waals surface area contributed by atoms with Gasteiger partial charge in [-0.25, -0.2) is 0 Å². The number of carbonyl (C=O) groups is 1. The summed E-state index contributed by atoms with van der Waals surface area (Å²) in [5.74, 6) is 0.447. The summed E-state index contributed by atoms with van der Waals surface area (Å²) in [4.78, 5) is 15.1. The van der Waals surface area contributed by atoms with Crippen LogP contribution in [0.3, 0.4) is 0 Å². The van der Waals surface area contributed by atoms with Crippen molar-refractivity contribution in [3.8, 4) is 0 Å². The van der Waals surface area contributed by atoms with E-state index >= 15 is 0 Å². The fourth-order valence-corrected chi connectivity index (χ4v) is 3.98. The standard InChI is InChI=1S/C21H21NOS2/c1-13(2)17-8-6-16(7-9-17)12-19-20(23)22(21(24)25-19)18-10-5-14(3)15(4)11-18/h5-13H,1-4H3/b19-12+. The Labute approximate surface area is 158 Å². The van der Waals surface area contributed by atoms with Crippen molar-refractivity contribution in [3.05, 3.63) is 69.6 Å². The molecule has 4 heteroatoms. The van der Waals surface area contributed by atoms with Crippen LogP contribution in [0.25, 0.3) is 6.08 Å². The zero-order valence-electron chi connectivity index (χ0n) is 14.9. The zero-order valence-corrected chi connectivity index (χ0v) is 16.5. The molecule has 0 bridgehead atoms. The molecule has 1 saturated heterocycles. The van der Waals surface area contributed by atoms with Gasteiger partial charge in [-0.2, -0.15) is 0 Å². The van der Waals surface area contributed by atoms with E-state index in [0.717, 1.165) is 16.8 Å². The van der Waals surface area contributed by atoms with Crippen molar-refractivity contribution in [1.82, 2.24) is 0 Å². The molecule has 0 atom stereocenters. The number of nitrogens with zero attached hydrogens (tertiary/aromatic N) is 1. The minimum absolute atomic E-state index is 0.0498. The van der Waals surface area contributed by atoms with E-state index in [2.05, 4.69) is 45.0 Å². The van der Waals surface area contributed by atoms with Gasteiger partial charge in [-0.1, -0.05) is 68.2 Å². The van der Waals surface area contributed by atoms with E-state index in [9.17, 15) is 4.79 Å². The van der Waals surface area contributed by atoms with Crippen LogP contribution in [-0.4, -0.2) is 10.2 Å². The van der Waals surface area contributed by atoms with Crippen molar-refractivity contribution in [2.45, 2.75) is 33.6 Å². The highest BCUT2D eigenvalue weighted by Gasteiger charge is 2.33. The summed E-state index contributed by atoms with van der Waals surface area (Å²) in [6.07, 6.45) is 1.92. The van der Waals surface area contributed by atoms with Gasteiger partial charge in [0.05, 0.1) is 10.6 Å². The molecule has 1 aliphatic heterocycles. The van der Waals surface area contributed by atoms with E-state index in [1.165, 1.54) is 22.9 Å². The summed E-state index contributed by atoms with van der Waals surface area (Å²) in [6.45, 7) is 8.44. The molecule has 2 nitrogen and oxygen atoms in total. The molecule has 128 valence electrons. The highest BCUT2D eigenvalue weighted by molar-refractivity contribution is 8.27. The predicted octanol–water partition coefficient (Wildman–Crippen LogP) is 5.83. The molecule has 0 spiro atoms. The van der Waals surface area contributed by atoms with Crippen molar-refractivity contribution < 1.29 is 4.79 Å². The van der Waals surface area contributed by atoms with E-state index in [4.69, 9.17) is 12.2 Å². The molecule has 1 heterocycles. The van der Waals surface area contributed by atoms with Crippen molar-refractivity contribution in [1.29, 1.82) is 0 Å². The molecule has 2 aromatic carbocycles. The van der Waals surface area contributed by atoms with Crippen molar-refractivity contribution in [2.24, 2.45) is 0 Å². The van der Waals surface area contributed by atoms with Gasteiger partial charge >= 0.3 is 0 Å². The summed E-state index contributed by atoms with van der Waals surface area (Å²) in [7, 11) is 0. The predicted molar refractivity (Wildman–Crippen MR) is 112 cm³/mol. The Bertz CT molecular complexity index is 866. The van der Waals surface area contributed by atoms with Crippen LogP contribution in [0.5, 0.6) is 0 Å². The molecular weight excluding hydrogens is 346 g/mol. The Hall–Kier alpha value is -1.91. The zero-order chi connectivity index (χ0) is 18.1. The van der Waals surface area contributed by atoms with Gasteiger partial charge in [0.1, 0.15) is 0 Å². The van der Waals surface area contributed by atoms with Crippen LogP contribution < -0.4 is 4.90 Å². The van der Waals surface area contributed by atoms with Gasteiger partial charge in [-0.05, 0) is 60.2 Å². The van der Waals surface area contributed by atoms with E-state index in [0.29, 0.717) is 15.1 Å². The number of benzene rings is 2. The van der Waals surface area contributed by atoms with Crippen LogP contribution in [-0.2, 0) is 4.79 Å². The Morgan fingerprint density at radius 1 is 1.04 bits per heavy atom. The number of aryl methyl sites for hydroxylation is 2. The average molecular weight is 368 g/mol. The first kappa shape index (κ1) is 17.9. The number of hydrogen-bond acceptors (Lipinski definition) is 3. The number of carbonyl (C=O) groups excluding carboxylic acids is 1. The molecule has 2 aromatic rings. The van der Waals surface area contributed by atoms with Crippen LogP contribution >= 0.6 is 24.0 Å². The second kappa shape index (κ2) is 7.14. The van der Waals surface area contributed by atoms with Gasteiger partial charge in [0.15, 0.2) is 4.32 Å². The van der Waals surface area contributed by atoms with E-state index in [-0.39, 0.29) is 5.91 Å². The van der Waals surface area contributed by atoms with Crippen molar-refractivity contribution >= 4 is 46.0 Å². The topological polar surface area (TPSA) is 20.3 Å². The Kier molecular flexibility index (Phi) is 5.11. The third-order valence-electron chi connectivity index (χ3n) is 4.44. The lowest BCUT2D eigenvalue weighted by Crippen LogP contribution is -2.27. The Morgan fingerprint density at radius 2 is 1.72 bits per heavy atom. The van der Waals surface area contributed by atoms with Gasteiger partial charge in [-0.3, -0.25) is 9.69 Å². The first-order chi connectivity index (χ1) is 11.9. The quantitative estimate of drug-likeness (QED) is 0.503. The van der Waals surface area contributed by atoms with Crippen LogP contribution in [0.2, 0.25) is 0 Å². The summed E-state index contributed by atoms with van der Waals surface area (Å²) in [5.41, 5.74) is 5.50. The fraction of sp³-hybridized carbons (Fsp3) is 0.238. The molecule has 3 rings (SSSR count). The van der Waals surface area contributed by atoms with E-state index < -0.39 is 0 Å². The lowest BCUT2D eigenvalue weighted by atomic mass is 10.0. The van der Waals surface area contributed by atoms with E-state index in [1.807, 2.05) is 31.2 Å². The lowest BCUT2D eigenvalue weighted by molar-refractivity contribution is -0.113. The molecule has 1 fully saturated rings. The molecule has 0 N–H and O–H groups in total. The minimum atomic E-state index is -0.0498. The molecule has 1 amide bonds. The van der Waals surface area contributed by atoms with Gasteiger partial charge in [0.25, 0.3) is 5.91 Å². The number of rotatable bonds is 3. The van der Waals surface area contributed by atoms with Gasteiger partial charge in [0, 0.05) is 0 Å². The number of thioether (sulfide) groups is 1. The molecule has 0 unspecified atom stereocenters. The smallest absolute Gasteiger partial charge is 0.268 e. The second-order valence-electron chi connectivity index (χ2n) is 6.61. The van der Waals surface area contributed by atoms with Crippen molar-refractivity contribution in [2.75, 3.05) is 4.90 Å². The number of amides is 1. The monoisotopic (exact) mass is 367 g/mol. The molecule has 0 radical (unpaired) electrons. The summed E-state index contributed by atoms with van der Waals surface area (Å²) in [6, 6.07) is 14.3. The minimum Gasteiger partial charge on any atom is -0.268 e. The molecule has 0 aromatic heterocycles. The number of anilines is 1. The maximum atomic E-state index is 12.8. The summed E-state index contributed by atoms with van der Waals surface area (Å²) in [5, 5.41) is 0. The van der Waals surface area contributed by atoms with Crippen LogP contribution in [0.4, 0.5) is 5.69 Å². The first-order valence-electron chi connectivity index (χ1n) is 8.32. The van der Waals surface area contributed by atoms with Gasteiger partial charge < -0.3 is 0 Å². The second-order valence-corrected chi connectivity index (χ2v) is 8.28. The summed E-state index contributed by atoms with van der Waals surface area (Å²) >= 11 is 6.81. The van der Waals surface area contributed by atoms with Crippen LogP contribution in [0.15, 0.2) is 47.4 Å². The molecular formula is C21H21NOS2. The van der Waals surface area contributed by atoms with Crippen LogP contribution in [0.1, 0.15) is 42.0 Å². The maximum absolute atomic E-state index is 12.8. The molecule has 0 saturated carbocycles. The number of hydrogen-bond donors (Lipinski definition) is 0. The third kappa shape index (κ3) is 3.70. The Morgan fingerprint density at radius 3 is 2.32 bits per heavy atom. The molecule has 1 aliphatic rings.